The van der Waals surface area contributed by atoms with Crippen molar-refractivity contribution in [1.29, 1.82) is 0 Å². The Morgan fingerprint density at radius 2 is 1.89 bits per heavy atom. The van der Waals surface area contributed by atoms with E-state index < -0.39 is 6.10 Å². The van der Waals surface area contributed by atoms with E-state index in [9.17, 15) is 9.90 Å². The minimum atomic E-state index is -0.551. The highest BCUT2D eigenvalue weighted by molar-refractivity contribution is 5.77. The predicted molar refractivity (Wildman–Crippen MR) is 72.4 cm³/mol. The van der Waals surface area contributed by atoms with Crippen molar-refractivity contribution in [1.82, 2.24) is 4.90 Å². The molecule has 1 rings (SSSR count). The highest BCUT2D eigenvalue weighted by atomic mass is 16.5. The number of aliphatic hydroxyl groups is 1. The van der Waals surface area contributed by atoms with Crippen LogP contribution in [0.15, 0.2) is 24.3 Å². The van der Waals surface area contributed by atoms with Crippen molar-refractivity contribution in [2.75, 3.05) is 26.8 Å². The molecule has 0 saturated carbocycles. The zero-order chi connectivity index (χ0) is 14.3. The van der Waals surface area contributed by atoms with E-state index in [1.165, 1.54) is 4.90 Å². The molecule has 5 heteroatoms. The Labute approximate surface area is 113 Å². The molecule has 1 amide bonds. The van der Waals surface area contributed by atoms with Gasteiger partial charge in [-0.25, -0.2) is 0 Å². The van der Waals surface area contributed by atoms with Crippen LogP contribution in [0.5, 0.6) is 11.5 Å². The molecule has 0 fully saturated rings. The zero-order valence-corrected chi connectivity index (χ0v) is 11.6. The van der Waals surface area contributed by atoms with Gasteiger partial charge in [0, 0.05) is 13.6 Å². The Morgan fingerprint density at radius 1 is 1.32 bits per heavy atom. The van der Waals surface area contributed by atoms with Gasteiger partial charge in [-0.05, 0) is 26.0 Å². The van der Waals surface area contributed by atoms with E-state index in [0.717, 1.165) is 0 Å². The number of likely N-dealkylation sites (N-methyl/N-ethyl adjacent to an activating group) is 1. The molecule has 1 aromatic carbocycles. The first-order chi connectivity index (χ1) is 9.04. The number of nitrogens with zero attached hydrogens (tertiary/aromatic N) is 1. The molecule has 1 unspecified atom stereocenters. The average molecular weight is 267 g/mol. The maximum absolute atomic E-state index is 11.8. The van der Waals surface area contributed by atoms with Gasteiger partial charge in [0.2, 0.25) is 0 Å². The third kappa shape index (κ3) is 5.18. The van der Waals surface area contributed by atoms with Gasteiger partial charge in [0.15, 0.2) is 18.1 Å². The van der Waals surface area contributed by atoms with E-state index in [-0.39, 0.29) is 19.1 Å². The van der Waals surface area contributed by atoms with Gasteiger partial charge in [0.05, 0.1) is 12.7 Å². The van der Waals surface area contributed by atoms with Crippen LogP contribution in [-0.2, 0) is 4.79 Å². The van der Waals surface area contributed by atoms with Gasteiger partial charge >= 0.3 is 0 Å². The summed E-state index contributed by atoms with van der Waals surface area (Å²) in [5.74, 6) is 0.978. The summed E-state index contributed by atoms with van der Waals surface area (Å²) >= 11 is 0. The van der Waals surface area contributed by atoms with Crippen molar-refractivity contribution in [2.45, 2.75) is 20.0 Å². The van der Waals surface area contributed by atoms with Crippen LogP contribution in [0.1, 0.15) is 13.8 Å². The zero-order valence-electron chi connectivity index (χ0n) is 11.6. The van der Waals surface area contributed by atoms with Crippen LogP contribution >= 0.6 is 0 Å². The Kier molecular flexibility index (Phi) is 6.15. The standard InChI is InChI=1S/C14H21NO4/c1-4-18-12-7-5-6-8-13(12)19-10-14(17)15(3)9-11(2)16/h5-8,11,16H,4,9-10H2,1-3H3. The fourth-order valence-electron chi connectivity index (χ4n) is 1.59. The van der Waals surface area contributed by atoms with Gasteiger partial charge in [-0.1, -0.05) is 12.1 Å². The molecule has 1 N–H and O–H groups in total. The number of rotatable bonds is 7. The minimum Gasteiger partial charge on any atom is -0.490 e. The number of para-hydroxylation sites is 2. The van der Waals surface area contributed by atoms with Crippen LogP contribution in [0.4, 0.5) is 0 Å². The molecular weight excluding hydrogens is 246 g/mol. The van der Waals surface area contributed by atoms with Crippen molar-refractivity contribution < 1.29 is 19.4 Å². The van der Waals surface area contributed by atoms with Crippen molar-refractivity contribution in [2.24, 2.45) is 0 Å². The Hall–Kier alpha value is -1.75. The maximum Gasteiger partial charge on any atom is 0.260 e. The Balaban J connectivity index is 2.54. The van der Waals surface area contributed by atoms with Crippen LogP contribution < -0.4 is 9.47 Å². The molecule has 19 heavy (non-hydrogen) atoms. The van der Waals surface area contributed by atoms with Crippen molar-refractivity contribution in [3.8, 4) is 11.5 Å². The van der Waals surface area contributed by atoms with E-state index in [4.69, 9.17) is 9.47 Å². The van der Waals surface area contributed by atoms with Gasteiger partial charge < -0.3 is 19.5 Å². The van der Waals surface area contributed by atoms with E-state index in [2.05, 4.69) is 0 Å². The number of aliphatic hydroxyl groups excluding tert-OH is 1. The van der Waals surface area contributed by atoms with Crippen LogP contribution in [0.25, 0.3) is 0 Å². The fourth-order valence-corrected chi connectivity index (χ4v) is 1.59. The largest absolute Gasteiger partial charge is 0.490 e. The number of ether oxygens (including phenoxy) is 2. The predicted octanol–water partition coefficient (Wildman–Crippen LogP) is 1.30. The molecule has 106 valence electrons. The number of hydrogen-bond acceptors (Lipinski definition) is 4. The topological polar surface area (TPSA) is 59.0 Å². The summed E-state index contributed by atoms with van der Waals surface area (Å²) in [6.45, 7) is 4.27. The van der Waals surface area contributed by atoms with Gasteiger partial charge in [-0.15, -0.1) is 0 Å². The fraction of sp³-hybridized carbons (Fsp3) is 0.500. The molecule has 0 spiro atoms. The van der Waals surface area contributed by atoms with Gasteiger partial charge in [-0.2, -0.15) is 0 Å². The SMILES string of the molecule is CCOc1ccccc1OCC(=O)N(C)CC(C)O. The molecule has 1 aromatic rings. The highest BCUT2D eigenvalue weighted by Crippen LogP contribution is 2.26. The molecule has 5 nitrogen and oxygen atoms in total. The molecule has 0 aliphatic heterocycles. The van der Waals surface area contributed by atoms with Crippen LogP contribution in [0.3, 0.4) is 0 Å². The summed E-state index contributed by atoms with van der Waals surface area (Å²) in [5, 5.41) is 9.22. The van der Waals surface area contributed by atoms with Crippen LogP contribution in [-0.4, -0.2) is 48.8 Å². The summed E-state index contributed by atoms with van der Waals surface area (Å²) in [6, 6.07) is 7.22. The Bertz CT molecular complexity index is 406. The normalized spacial score (nSPS) is 11.8. The second-order valence-electron chi connectivity index (χ2n) is 4.29. The summed E-state index contributed by atoms with van der Waals surface area (Å²) in [5.41, 5.74) is 0. The number of benzene rings is 1. The summed E-state index contributed by atoms with van der Waals surface area (Å²) in [4.78, 5) is 13.2. The molecule has 0 aliphatic carbocycles. The second kappa shape index (κ2) is 7.63. The van der Waals surface area contributed by atoms with E-state index in [1.54, 1.807) is 26.1 Å². The summed E-state index contributed by atoms with van der Waals surface area (Å²) < 4.78 is 10.9. The van der Waals surface area contributed by atoms with Crippen molar-refractivity contribution >= 4 is 5.91 Å². The monoisotopic (exact) mass is 267 g/mol. The third-order valence-corrected chi connectivity index (χ3v) is 2.46. The average Bonchev–Trinajstić information content (AvgIpc) is 2.37. The first-order valence-corrected chi connectivity index (χ1v) is 6.31. The first-order valence-electron chi connectivity index (χ1n) is 6.31. The number of hydrogen-bond donors (Lipinski definition) is 1. The molecule has 0 aliphatic rings. The third-order valence-electron chi connectivity index (χ3n) is 2.46. The molecule has 1 atom stereocenters. The Morgan fingerprint density at radius 3 is 2.42 bits per heavy atom. The minimum absolute atomic E-state index is 0.0761. The van der Waals surface area contributed by atoms with E-state index >= 15 is 0 Å². The lowest BCUT2D eigenvalue weighted by atomic mass is 10.3. The molecule has 0 aromatic heterocycles. The van der Waals surface area contributed by atoms with Crippen LogP contribution in [0.2, 0.25) is 0 Å². The highest BCUT2D eigenvalue weighted by Gasteiger charge is 2.13. The lowest BCUT2D eigenvalue weighted by Gasteiger charge is -2.19. The van der Waals surface area contributed by atoms with Gasteiger partial charge in [0.25, 0.3) is 5.91 Å². The number of amides is 1. The number of carbonyl (C=O) groups is 1. The van der Waals surface area contributed by atoms with Gasteiger partial charge in [0.1, 0.15) is 0 Å². The summed E-state index contributed by atoms with van der Waals surface area (Å²) in [6.07, 6.45) is -0.551. The molecule has 0 radical (unpaired) electrons. The smallest absolute Gasteiger partial charge is 0.260 e. The lowest BCUT2D eigenvalue weighted by Crippen LogP contribution is -2.36. The lowest BCUT2D eigenvalue weighted by molar-refractivity contribution is -0.133. The van der Waals surface area contributed by atoms with Crippen molar-refractivity contribution in [3.63, 3.8) is 0 Å². The van der Waals surface area contributed by atoms with E-state index in [0.29, 0.717) is 18.1 Å². The molecular formula is C14H21NO4. The number of carbonyl (C=O) groups excluding carboxylic acids is 1. The maximum atomic E-state index is 11.8. The first kappa shape index (κ1) is 15.3. The summed E-state index contributed by atoms with van der Waals surface area (Å²) in [7, 11) is 1.63. The molecule has 0 bridgehead atoms. The van der Waals surface area contributed by atoms with Crippen molar-refractivity contribution in [3.05, 3.63) is 24.3 Å². The van der Waals surface area contributed by atoms with Gasteiger partial charge in [-0.3, -0.25) is 4.79 Å². The quantitative estimate of drug-likeness (QED) is 0.809. The second-order valence-corrected chi connectivity index (χ2v) is 4.29. The molecule has 0 heterocycles. The van der Waals surface area contributed by atoms with E-state index in [1.807, 2.05) is 19.1 Å². The molecule has 0 saturated heterocycles. The van der Waals surface area contributed by atoms with Crippen LogP contribution in [0, 0.1) is 0 Å².